The molecule has 1 heterocycles. The Morgan fingerprint density at radius 2 is 1.93 bits per heavy atom. The van der Waals surface area contributed by atoms with Gasteiger partial charge in [0.05, 0.1) is 26.2 Å². The number of amides is 2. The Balaban J connectivity index is 2.09. The van der Waals surface area contributed by atoms with Crippen LogP contribution in [-0.2, 0) is 22.7 Å². The minimum Gasteiger partial charge on any atom is -0.496 e. The quantitative estimate of drug-likeness (QED) is 0.690. The lowest BCUT2D eigenvalue weighted by Crippen LogP contribution is -2.47. The number of hydrogen-bond donors (Lipinski definition) is 2. The third kappa shape index (κ3) is 6.08. The van der Waals surface area contributed by atoms with E-state index in [-0.39, 0.29) is 24.3 Å². The molecule has 2 amide bonds. The molecule has 3 N–H and O–H groups in total. The zero-order chi connectivity index (χ0) is 19.8. The van der Waals surface area contributed by atoms with Crippen LogP contribution in [0.25, 0.3) is 0 Å². The molecule has 2 rings (SSSR count). The molecule has 0 aliphatic rings. The highest BCUT2D eigenvalue weighted by atomic mass is 32.1. The molecule has 0 spiro atoms. The number of rotatable bonds is 9. The largest absolute Gasteiger partial charge is 0.496 e. The van der Waals surface area contributed by atoms with Crippen LogP contribution in [-0.4, -0.2) is 36.4 Å². The van der Waals surface area contributed by atoms with Crippen LogP contribution >= 0.6 is 11.3 Å². The highest BCUT2D eigenvalue weighted by molar-refractivity contribution is 7.09. The molecule has 0 aliphatic heterocycles. The van der Waals surface area contributed by atoms with Gasteiger partial charge in [0, 0.05) is 17.0 Å². The van der Waals surface area contributed by atoms with Crippen molar-refractivity contribution in [3.8, 4) is 5.75 Å². The van der Waals surface area contributed by atoms with E-state index >= 15 is 0 Å². The Bertz CT molecular complexity index is 747. The first-order valence-corrected chi connectivity index (χ1v) is 9.75. The van der Waals surface area contributed by atoms with E-state index in [9.17, 15) is 9.59 Å². The maximum Gasteiger partial charge on any atom is 0.242 e. The summed E-state index contributed by atoms with van der Waals surface area (Å²) >= 11 is 1.59. The first kappa shape index (κ1) is 20.9. The standard InChI is InChI=1S/C20H27N3O3S/c1-14(2)19(21)20(25)22-11-18(24)23(13-16-8-6-10-27-16)12-15-7-4-5-9-17(15)26-3/h4-10,14,19H,11-13,21H2,1-3H3,(H,22,25)/t19-/m0/s1. The number of ether oxygens (including phenoxy) is 1. The number of nitrogens with one attached hydrogen (secondary N) is 1. The van der Waals surface area contributed by atoms with Crippen molar-refractivity contribution in [3.05, 3.63) is 52.2 Å². The summed E-state index contributed by atoms with van der Waals surface area (Å²) in [6.07, 6.45) is 0. The summed E-state index contributed by atoms with van der Waals surface area (Å²) in [6.45, 7) is 4.53. The van der Waals surface area contributed by atoms with Crippen molar-refractivity contribution in [2.75, 3.05) is 13.7 Å². The summed E-state index contributed by atoms with van der Waals surface area (Å²) in [5.74, 6) is 0.258. The summed E-state index contributed by atoms with van der Waals surface area (Å²) in [5, 5.41) is 4.63. The second-order valence-electron chi connectivity index (χ2n) is 6.63. The number of nitrogens with zero attached hydrogens (tertiary/aromatic N) is 1. The van der Waals surface area contributed by atoms with Gasteiger partial charge in [-0.15, -0.1) is 11.3 Å². The van der Waals surface area contributed by atoms with E-state index in [4.69, 9.17) is 10.5 Å². The normalized spacial score (nSPS) is 11.9. The number of thiophene rings is 1. The Kier molecular flexibility index (Phi) is 7.82. The van der Waals surface area contributed by atoms with Crippen molar-refractivity contribution in [3.63, 3.8) is 0 Å². The number of carbonyl (C=O) groups excluding carboxylic acids is 2. The molecule has 1 atom stereocenters. The maximum absolute atomic E-state index is 12.8. The van der Waals surface area contributed by atoms with Crippen LogP contribution in [0.5, 0.6) is 5.75 Å². The molecular weight excluding hydrogens is 362 g/mol. The number of benzene rings is 1. The first-order valence-electron chi connectivity index (χ1n) is 8.87. The minimum atomic E-state index is -0.627. The highest BCUT2D eigenvalue weighted by Gasteiger charge is 2.21. The number of para-hydroxylation sites is 1. The van der Waals surface area contributed by atoms with E-state index in [1.165, 1.54) is 0 Å². The number of nitrogens with two attached hydrogens (primary N) is 1. The van der Waals surface area contributed by atoms with Crippen molar-refractivity contribution in [1.29, 1.82) is 0 Å². The van der Waals surface area contributed by atoms with Crippen LogP contribution in [0.1, 0.15) is 24.3 Å². The van der Waals surface area contributed by atoms with Crippen LogP contribution in [0.15, 0.2) is 41.8 Å². The molecule has 146 valence electrons. The fourth-order valence-electron chi connectivity index (χ4n) is 2.56. The number of methoxy groups -OCH3 is 1. The van der Waals surface area contributed by atoms with Crippen LogP contribution in [0.2, 0.25) is 0 Å². The molecule has 0 aliphatic carbocycles. The average molecular weight is 390 g/mol. The van der Waals surface area contributed by atoms with Gasteiger partial charge in [-0.3, -0.25) is 9.59 Å². The van der Waals surface area contributed by atoms with Crippen LogP contribution in [0.4, 0.5) is 0 Å². The van der Waals surface area contributed by atoms with Crippen LogP contribution < -0.4 is 15.8 Å². The van der Waals surface area contributed by atoms with E-state index in [2.05, 4.69) is 5.32 Å². The van der Waals surface area contributed by atoms with Crippen LogP contribution in [0.3, 0.4) is 0 Å². The number of hydrogen-bond acceptors (Lipinski definition) is 5. The summed E-state index contributed by atoms with van der Waals surface area (Å²) in [7, 11) is 1.61. The minimum absolute atomic E-state index is 0.0101. The summed E-state index contributed by atoms with van der Waals surface area (Å²) in [5.41, 5.74) is 6.75. The van der Waals surface area contributed by atoms with Crippen molar-refractivity contribution in [1.82, 2.24) is 10.2 Å². The Hall–Kier alpha value is -2.38. The van der Waals surface area contributed by atoms with Gasteiger partial charge in [0.15, 0.2) is 0 Å². The summed E-state index contributed by atoms with van der Waals surface area (Å²) in [4.78, 5) is 27.7. The molecular formula is C20H27N3O3S. The Morgan fingerprint density at radius 3 is 2.56 bits per heavy atom. The zero-order valence-electron chi connectivity index (χ0n) is 16.0. The lowest BCUT2D eigenvalue weighted by atomic mass is 10.1. The molecule has 0 bridgehead atoms. The first-order chi connectivity index (χ1) is 12.9. The van der Waals surface area contributed by atoms with E-state index in [0.29, 0.717) is 13.1 Å². The van der Waals surface area contributed by atoms with Gasteiger partial charge in [-0.1, -0.05) is 38.1 Å². The van der Waals surface area contributed by atoms with Crippen molar-refractivity contribution >= 4 is 23.2 Å². The predicted molar refractivity (Wildman–Crippen MR) is 107 cm³/mol. The molecule has 0 saturated heterocycles. The van der Waals surface area contributed by atoms with Crippen molar-refractivity contribution in [2.24, 2.45) is 11.7 Å². The number of carbonyl (C=O) groups is 2. The van der Waals surface area contributed by atoms with Gasteiger partial charge in [-0.2, -0.15) is 0 Å². The highest BCUT2D eigenvalue weighted by Crippen LogP contribution is 2.21. The SMILES string of the molecule is COc1ccccc1CN(Cc1cccs1)C(=O)CNC(=O)[C@@H](N)C(C)C. The second kappa shape index (κ2) is 10.1. The molecule has 27 heavy (non-hydrogen) atoms. The smallest absolute Gasteiger partial charge is 0.242 e. The van der Waals surface area contributed by atoms with E-state index in [0.717, 1.165) is 16.2 Å². The Labute approximate surface area is 164 Å². The molecule has 2 aromatic rings. The second-order valence-corrected chi connectivity index (χ2v) is 7.66. The van der Waals surface area contributed by atoms with Crippen LogP contribution in [0, 0.1) is 5.92 Å². The third-order valence-corrected chi connectivity index (χ3v) is 5.13. The fraction of sp³-hybridized carbons (Fsp3) is 0.400. The summed E-state index contributed by atoms with van der Waals surface area (Å²) in [6, 6.07) is 10.9. The van der Waals surface area contributed by atoms with E-state index in [1.807, 2.05) is 55.6 Å². The van der Waals surface area contributed by atoms with Gasteiger partial charge < -0.3 is 20.7 Å². The fourth-order valence-corrected chi connectivity index (χ4v) is 3.28. The van der Waals surface area contributed by atoms with Crippen molar-refractivity contribution in [2.45, 2.75) is 33.0 Å². The van der Waals surface area contributed by atoms with Gasteiger partial charge in [0.1, 0.15) is 5.75 Å². The Morgan fingerprint density at radius 1 is 1.19 bits per heavy atom. The van der Waals surface area contributed by atoms with Gasteiger partial charge in [-0.25, -0.2) is 0 Å². The predicted octanol–water partition coefficient (Wildman–Crippen LogP) is 2.39. The summed E-state index contributed by atoms with van der Waals surface area (Å²) < 4.78 is 5.40. The maximum atomic E-state index is 12.8. The van der Waals surface area contributed by atoms with E-state index < -0.39 is 6.04 Å². The van der Waals surface area contributed by atoms with Gasteiger partial charge in [-0.05, 0) is 23.4 Å². The molecule has 6 nitrogen and oxygen atoms in total. The zero-order valence-corrected chi connectivity index (χ0v) is 16.8. The monoisotopic (exact) mass is 389 g/mol. The lowest BCUT2D eigenvalue weighted by Gasteiger charge is -2.24. The third-order valence-electron chi connectivity index (χ3n) is 4.27. The molecule has 0 radical (unpaired) electrons. The molecule has 1 aromatic heterocycles. The molecule has 1 aromatic carbocycles. The average Bonchev–Trinajstić information content (AvgIpc) is 3.18. The lowest BCUT2D eigenvalue weighted by molar-refractivity contribution is -0.134. The molecule has 0 saturated carbocycles. The van der Waals surface area contributed by atoms with Gasteiger partial charge in [0.25, 0.3) is 0 Å². The van der Waals surface area contributed by atoms with Gasteiger partial charge in [0.2, 0.25) is 11.8 Å². The van der Waals surface area contributed by atoms with Gasteiger partial charge >= 0.3 is 0 Å². The topological polar surface area (TPSA) is 84.7 Å². The molecule has 0 unspecified atom stereocenters. The van der Waals surface area contributed by atoms with E-state index in [1.54, 1.807) is 23.3 Å². The molecule has 7 heteroatoms. The van der Waals surface area contributed by atoms with Crippen molar-refractivity contribution < 1.29 is 14.3 Å². The molecule has 0 fully saturated rings.